The fourth-order valence-corrected chi connectivity index (χ4v) is 1.84. The molecule has 0 aromatic rings. The van der Waals surface area contributed by atoms with Gasteiger partial charge in [0.25, 0.3) is 0 Å². The first-order valence-electron chi connectivity index (χ1n) is 3.75. The van der Waals surface area contributed by atoms with Gasteiger partial charge in [-0.2, -0.15) is 5.26 Å². The molecular weight excluding hydrogens is 194 g/mol. The monoisotopic (exact) mass is 199 g/mol. The molecule has 68 valence electrons. The molecule has 1 unspecified atom stereocenters. The zero-order valence-electron chi connectivity index (χ0n) is 6.53. The average Bonchev–Trinajstić information content (AvgIpc) is 2.09. The standard InChI is InChI=1S/C8H6ClNO3/c9-7(4-10)3-5-1-2-8(7,12)6(11)13-5/h1-2,5,12H,3H2/t5?,7-,8-/m0/s1. The number of esters is 1. The molecule has 3 aliphatic rings. The lowest BCUT2D eigenvalue weighted by molar-refractivity contribution is -0.178. The molecule has 13 heavy (non-hydrogen) atoms. The van der Waals surface area contributed by atoms with Crippen LogP contribution in [0.25, 0.3) is 0 Å². The SMILES string of the molecule is N#C[C@@]1(Cl)CC2C=C[C@]1(O)C(=O)O2. The summed E-state index contributed by atoms with van der Waals surface area (Å²) in [6, 6.07) is 1.75. The number of nitriles is 1. The summed E-state index contributed by atoms with van der Waals surface area (Å²) in [5.74, 6) is -0.845. The number of alkyl halides is 1. The highest BCUT2D eigenvalue weighted by Crippen LogP contribution is 2.44. The number of ether oxygens (including phenoxy) is 1. The van der Waals surface area contributed by atoms with Crippen molar-refractivity contribution in [3.63, 3.8) is 0 Å². The predicted octanol–water partition coefficient (Wildman–Crippen LogP) is 0.104. The van der Waals surface area contributed by atoms with Gasteiger partial charge in [-0.15, -0.1) is 0 Å². The van der Waals surface area contributed by atoms with Crippen molar-refractivity contribution in [3.8, 4) is 6.07 Å². The summed E-state index contributed by atoms with van der Waals surface area (Å²) in [7, 11) is 0. The second-order valence-corrected chi connectivity index (χ2v) is 3.83. The Bertz CT molecular complexity index is 348. The topological polar surface area (TPSA) is 70.3 Å². The fourth-order valence-electron chi connectivity index (χ4n) is 1.55. The van der Waals surface area contributed by atoms with Gasteiger partial charge in [-0.1, -0.05) is 11.6 Å². The maximum atomic E-state index is 11.2. The molecule has 1 saturated heterocycles. The van der Waals surface area contributed by atoms with Crippen molar-refractivity contribution >= 4 is 17.6 Å². The molecule has 2 heterocycles. The highest BCUT2D eigenvalue weighted by atomic mass is 35.5. The van der Waals surface area contributed by atoms with Crippen molar-refractivity contribution in [1.82, 2.24) is 0 Å². The minimum atomic E-state index is -1.99. The summed E-state index contributed by atoms with van der Waals surface area (Å²) >= 11 is 5.83. The van der Waals surface area contributed by atoms with E-state index < -0.39 is 22.5 Å². The normalized spacial score (nSPS) is 47.2. The van der Waals surface area contributed by atoms with E-state index in [9.17, 15) is 9.90 Å². The third-order valence-corrected chi connectivity index (χ3v) is 2.91. The summed E-state index contributed by atoms with van der Waals surface area (Å²) in [6.07, 6.45) is 2.42. The van der Waals surface area contributed by atoms with Gasteiger partial charge in [-0.25, -0.2) is 4.79 Å². The Labute approximate surface area is 79.4 Å². The minimum Gasteiger partial charge on any atom is -0.456 e. The average molecular weight is 200 g/mol. The van der Waals surface area contributed by atoms with Gasteiger partial charge in [-0.3, -0.25) is 0 Å². The molecule has 4 nitrogen and oxygen atoms in total. The van der Waals surface area contributed by atoms with Gasteiger partial charge < -0.3 is 9.84 Å². The van der Waals surface area contributed by atoms with Crippen molar-refractivity contribution in [2.24, 2.45) is 0 Å². The van der Waals surface area contributed by atoms with E-state index in [1.54, 1.807) is 12.1 Å². The molecule has 1 fully saturated rings. The van der Waals surface area contributed by atoms with Crippen LogP contribution in [0.2, 0.25) is 0 Å². The summed E-state index contributed by atoms with van der Waals surface area (Å²) < 4.78 is 4.77. The number of rotatable bonds is 0. The maximum absolute atomic E-state index is 11.2. The molecule has 2 aliphatic heterocycles. The number of carbonyl (C=O) groups excluding carboxylic acids is 1. The smallest absolute Gasteiger partial charge is 0.345 e. The third-order valence-electron chi connectivity index (χ3n) is 2.39. The largest absolute Gasteiger partial charge is 0.456 e. The van der Waals surface area contributed by atoms with Gasteiger partial charge in [0.15, 0.2) is 4.87 Å². The summed E-state index contributed by atoms with van der Waals surface area (Å²) in [6.45, 7) is 0. The Morgan fingerprint density at radius 1 is 1.85 bits per heavy atom. The molecule has 0 spiro atoms. The van der Waals surface area contributed by atoms with Crippen molar-refractivity contribution in [1.29, 1.82) is 5.26 Å². The van der Waals surface area contributed by atoms with E-state index in [0.29, 0.717) is 0 Å². The molecule has 0 aromatic heterocycles. The number of aliphatic hydroxyl groups is 1. The molecule has 3 rings (SSSR count). The van der Waals surface area contributed by atoms with Gasteiger partial charge in [0.05, 0.1) is 6.07 Å². The van der Waals surface area contributed by atoms with Gasteiger partial charge in [0, 0.05) is 6.42 Å². The van der Waals surface area contributed by atoms with Crippen LogP contribution in [0.5, 0.6) is 0 Å². The number of hydrogen-bond donors (Lipinski definition) is 1. The van der Waals surface area contributed by atoms with E-state index >= 15 is 0 Å². The van der Waals surface area contributed by atoms with E-state index in [2.05, 4.69) is 0 Å². The molecule has 2 bridgehead atoms. The van der Waals surface area contributed by atoms with Crippen LogP contribution in [0.3, 0.4) is 0 Å². The first-order chi connectivity index (χ1) is 6.02. The Morgan fingerprint density at radius 2 is 2.54 bits per heavy atom. The van der Waals surface area contributed by atoms with Crippen LogP contribution >= 0.6 is 11.6 Å². The number of halogens is 1. The van der Waals surface area contributed by atoms with Crippen LogP contribution in [0.15, 0.2) is 12.2 Å². The fraction of sp³-hybridized carbons (Fsp3) is 0.500. The lowest BCUT2D eigenvalue weighted by Gasteiger charge is -2.44. The lowest BCUT2D eigenvalue weighted by atomic mass is 9.76. The van der Waals surface area contributed by atoms with Crippen LogP contribution in [0, 0.1) is 11.3 Å². The minimum absolute atomic E-state index is 0.129. The highest BCUT2D eigenvalue weighted by Gasteiger charge is 2.62. The number of nitrogens with zero attached hydrogens (tertiary/aromatic N) is 1. The van der Waals surface area contributed by atoms with Crippen molar-refractivity contribution in [2.45, 2.75) is 23.0 Å². The predicted molar refractivity (Wildman–Crippen MR) is 42.8 cm³/mol. The summed E-state index contributed by atoms with van der Waals surface area (Å²) in [5, 5.41) is 18.6. The van der Waals surface area contributed by atoms with Gasteiger partial charge in [0.1, 0.15) is 6.10 Å². The van der Waals surface area contributed by atoms with Crippen molar-refractivity contribution in [2.75, 3.05) is 0 Å². The van der Waals surface area contributed by atoms with E-state index in [1.807, 2.05) is 0 Å². The second kappa shape index (κ2) is 2.25. The van der Waals surface area contributed by atoms with E-state index in [1.165, 1.54) is 6.08 Å². The lowest BCUT2D eigenvalue weighted by Crippen LogP contribution is -2.63. The Morgan fingerprint density at radius 3 is 3.00 bits per heavy atom. The van der Waals surface area contributed by atoms with Gasteiger partial charge >= 0.3 is 5.97 Å². The first-order valence-corrected chi connectivity index (χ1v) is 4.13. The summed E-state index contributed by atoms with van der Waals surface area (Å²) in [5.41, 5.74) is -1.99. The Balaban J connectivity index is 2.55. The molecule has 5 heteroatoms. The second-order valence-electron chi connectivity index (χ2n) is 3.19. The molecule has 3 atom stereocenters. The van der Waals surface area contributed by atoms with Gasteiger partial charge in [0.2, 0.25) is 5.60 Å². The molecule has 0 amide bonds. The molecule has 0 saturated carbocycles. The molecule has 1 N–H and O–H groups in total. The van der Waals surface area contributed by atoms with Crippen LogP contribution in [-0.2, 0) is 9.53 Å². The number of carbonyl (C=O) groups is 1. The Hall–Kier alpha value is -1.05. The van der Waals surface area contributed by atoms with Crippen LogP contribution in [-0.4, -0.2) is 27.7 Å². The zero-order valence-corrected chi connectivity index (χ0v) is 7.28. The highest BCUT2D eigenvalue weighted by molar-refractivity contribution is 6.29. The number of hydrogen-bond acceptors (Lipinski definition) is 4. The van der Waals surface area contributed by atoms with E-state index in [4.69, 9.17) is 21.6 Å². The van der Waals surface area contributed by atoms with E-state index in [-0.39, 0.29) is 6.42 Å². The van der Waals surface area contributed by atoms with Gasteiger partial charge in [-0.05, 0) is 12.2 Å². The molecular formula is C8H6ClNO3. The molecule has 1 aliphatic carbocycles. The quantitative estimate of drug-likeness (QED) is 0.341. The van der Waals surface area contributed by atoms with E-state index in [0.717, 1.165) is 0 Å². The molecule has 0 aromatic carbocycles. The summed E-state index contributed by atoms with van der Waals surface area (Å²) in [4.78, 5) is 9.61. The Kier molecular flexibility index (Phi) is 1.48. The van der Waals surface area contributed by atoms with Crippen LogP contribution in [0.4, 0.5) is 0 Å². The third kappa shape index (κ3) is 0.859. The van der Waals surface area contributed by atoms with Crippen LogP contribution in [0.1, 0.15) is 6.42 Å². The zero-order chi connectivity index (χ0) is 9.69. The maximum Gasteiger partial charge on any atom is 0.345 e. The molecule has 0 radical (unpaired) electrons. The number of fused-ring (bicyclic) bond motifs is 2. The van der Waals surface area contributed by atoms with Crippen molar-refractivity contribution in [3.05, 3.63) is 12.2 Å². The van der Waals surface area contributed by atoms with Crippen molar-refractivity contribution < 1.29 is 14.6 Å². The van der Waals surface area contributed by atoms with Crippen LogP contribution < -0.4 is 0 Å². The first kappa shape index (κ1) is 8.54.